The first-order chi connectivity index (χ1) is 13.8. The lowest BCUT2D eigenvalue weighted by Crippen LogP contribution is -2.43. The summed E-state index contributed by atoms with van der Waals surface area (Å²) in [4.78, 5) is 34.9. The lowest BCUT2D eigenvalue weighted by atomic mass is 10.0. The molecule has 0 fully saturated rings. The summed E-state index contributed by atoms with van der Waals surface area (Å²) < 4.78 is 11.2. The summed E-state index contributed by atoms with van der Waals surface area (Å²) in [5.41, 5.74) is -0.637. The van der Waals surface area contributed by atoms with Gasteiger partial charge >= 0.3 is 5.97 Å². The van der Waals surface area contributed by atoms with Crippen LogP contribution in [0.2, 0.25) is 0 Å². The third-order valence-electron chi connectivity index (χ3n) is 4.60. The summed E-state index contributed by atoms with van der Waals surface area (Å²) in [6.45, 7) is 16.3. The summed E-state index contributed by atoms with van der Waals surface area (Å²) in [6, 6.07) is -1.07. The highest BCUT2D eigenvalue weighted by molar-refractivity contribution is 5.85. The summed E-state index contributed by atoms with van der Waals surface area (Å²) in [5.74, 6) is -2.05. The fourth-order valence-corrected chi connectivity index (χ4v) is 2.21. The molecular formula is C22H44N2O6. The standard InChI is InChI=1S/C20H38N2O6.C2H6/c1-14(2)17(24)22-15(18(25)26)8-9-16(23)21-12-10-20(5,6)28-13-11-19(3,4)27-7;1-2/h14-15H,8-13H2,1-7H3,(H,21,23)(H,22,24)(H,25,26);1-2H3. The van der Waals surface area contributed by atoms with Crippen molar-refractivity contribution in [2.45, 2.75) is 98.3 Å². The molecule has 0 radical (unpaired) electrons. The van der Waals surface area contributed by atoms with Crippen molar-refractivity contribution >= 4 is 17.8 Å². The van der Waals surface area contributed by atoms with Crippen LogP contribution < -0.4 is 10.6 Å². The monoisotopic (exact) mass is 432 g/mol. The van der Waals surface area contributed by atoms with E-state index in [0.29, 0.717) is 19.6 Å². The minimum Gasteiger partial charge on any atom is -0.480 e. The number of nitrogens with one attached hydrogen (secondary N) is 2. The molecule has 178 valence electrons. The Morgan fingerprint density at radius 2 is 1.57 bits per heavy atom. The van der Waals surface area contributed by atoms with E-state index in [1.54, 1.807) is 21.0 Å². The van der Waals surface area contributed by atoms with Gasteiger partial charge in [0.2, 0.25) is 11.8 Å². The molecule has 2 amide bonds. The van der Waals surface area contributed by atoms with E-state index in [0.717, 1.165) is 6.42 Å². The number of aliphatic carboxylic acids is 1. The SMILES string of the molecule is CC.COC(C)(C)CCOC(C)(C)CCNC(=O)CCC(NC(=O)C(C)C)C(=O)O. The predicted octanol–water partition coefficient (Wildman–Crippen LogP) is 3.13. The molecule has 0 aromatic carbocycles. The molecule has 0 aliphatic heterocycles. The van der Waals surface area contributed by atoms with E-state index in [1.807, 2.05) is 41.5 Å². The Morgan fingerprint density at radius 1 is 1.00 bits per heavy atom. The molecule has 0 aliphatic carbocycles. The van der Waals surface area contributed by atoms with E-state index in [-0.39, 0.29) is 36.2 Å². The van der Waals surface area contributed by atoms with Gasteiger partial charge in [0.15, 0.2) is 0 Å². The zero-order valence-electron chi connectivity index (χ0n) is 20.4. The van der Waals surface area contributed by atoms with Crippen LogP contribution in [0.4, 0.5) is 0 Å². The molecule has 1 atom stereocenters. The Balaban J connectivity index is 0. The third kappa shape index (κ3) is 15.2. The average molecular weight is 433 g/mol. The van der Waals surface area contributed by atoms with Crippen molar-refractivity contribution in [1.82, 2.24) is 10.6 Å². The molecule has 30 heavy (non-hydrogen) atoms. The molecule has 8 nitrogen and oxygen atoms in total. The molecule has 0 rings (SSSR count). The highest BCUT2D eigenvalue weighted by Crippen LogP contribution is 2.18. The number of carbonyl (C=O) groups is 3. The number of amides is 2. The topological polar surface area (TPSA) is 114 Å². The minimum atomic E-state index is -1.14. The molecule has 3 N–H and O–H groups in total. The Morgan fingerprint density at radius 3 is 2.03 bits per heavy atom. The van der Waals surface area contributed by atoms with E-state index in [1.165, 1.54) is 0 Å². The van der Waals surface area contributed by atoms with Gasteiger partial charge in [-0.1, -0.05) is 27.7 Å². The molecule has 8 heteroatoms. The van der Waals surface area contributed by atoms with Crippen molar-refractivity contribution in [2.75, 3.05) is 20.3 Å². The second-order valence-corrected chi connectivity index (χ2v) is 8.51. The first-order valence-electron chi connectivity index (χ1n) is 10.8. The number of carboxylic acid groups (broad SMARTS) is 1. The number of rotatable bonds is 14. The van der Waals surface area contributed by atoms with Crippen molar-refractivity contribution in [3.05, 3.63) is 0 Å². The summed E-state index contributed by atoms with van der Waals surface area (Å²) in [7, 11) is 1.67. The lowest BCUT2D eigenvalue weighted by molar-refractivity contribution is -0.142. The normalized spacial score (nSPS) is 12.6. The molecule has 0 saturated heterocycles. The predicted molar refractivity (Wildman–Crippen MR) is 118 cm³/mol. The maximum absolute atomic E-state index is 12.0. The number of hydrogen-bond donors (Lipinski definition) is 3. The van der Waals surface area contributed by atoms with Crippen molar-refractivity contribution in [3.8, 4) is 0 Å². The van der Waals surface area contributed by atoms with Crippen LogP contribution in [0.3, 0.4) is 0 Å². The summed E-state index contributed by atoms with van der Waals surface area (Å²) in [6.07, 6.45) is 1.46. The molecule has 0 aromatic rings. The highest BCUT2D eigenvalue weighted by atomic mass is 16.5. The van der Waals surface area contributed by atoms with Crippen molar-refractivity contribution in [1.29, 1.82) is 0 Å². The molecule has 0 spiro atoms. The van der Waals surface area contributed by atoms with Gasteiger partial charge in [0.1, 0.15) is 6.04 Å². The van der Waals surface area contributed by atoms with E-state index in [4.69, 9.17) is 9.47 Å². The first kappa shape index (κ1) is 30.5. The quantitative estimate of drug-likeness (QED) is 0.389. The maximum atomic E-state index is 12.0. The molecule has 1 unspecified atom stereocenters. The van der Waals surface area contributed by atoms with Crippen LogP contribution in [0.15, 0.2) is 0 Å². The zero-order valence-corrected chi connectivity index (χ0v) is 20.4. The summed E-state index contributed by atoms with van der Waals surface area (Å²) in [5, 5.41) is 14.4. The highest BCUT2D eigenvalue weighted by Gasteiger charge is 2.24. The second-order valence-electron chi connectivity index (χ2n) is 8.51. The van der Waals surface area contributed by atoms with Crippen LogP contribution in [0.25, 0.3) is 0 Å². The Hall–Kier alpha value is -1.67. The van der Waals surface area contributed by atoms with Crippen LogP contribution in [0.5, 0.6) is 0 Å². The third-order valence-corrected chi connectivity index (χ3v) is 4.60. The molecule has 0 aliphatic rings. The van der Waals surface area contributed by atoms with Crippen LogP contribution in [0.1, 0.15) is 81.1 Å². The van der Waals surface area contributed by atoms with Crippen LogP contribution in [0, 0.1) is 5.92 Å². The molecule has 0 aromatic heterocycles. The number of ether oxygens (including phenoxy) is 2. The van der Waals surface area contributed by atoms with Crippen LogP contribution >= 0.6 is 0 Å². The largest absolute Gasteiger partial charge is 0.480 e. The van der Waals surface area contributed by atoms with Crippen molar-refractivity contribution < 1.29 is 29.0 Å². The number of carbonyl (C=O) groups excluding carboxylic acids is 2. The number of methoxy groups -OCH3 is 1. The van der Waals surface area contributed by atoms with Gasteiger partial charge in [0.25, 0.3) is 0 Å². The molecule has 0 heterocycles. The van der Waals surface area contributed by atoms with Gasteiger partial charge in [-0.15, -0.1) is 0 Å². The van der Waals surface area contributed by atoms with E-state index in [9.17, 15) is 19.5 Å². The van der Waals surface area contributed by atoms with Gasteiger partial charge in [0.05, 0.1) is 17.8 Å². The molecule has 0 saturated carbocycles. The lowest BCUT2D eigenvalue weighted by Gasteiger charge is -2.29. The van der Waals surface area contributed by atoms with Crippen molar-refractivity contribution in [2.24, 2.45) is 5.92 Å². The number of carboxylic acids is 1. The fourth-order valence-electron chi connectivity index (χ4n) is 2.21. The zero-order chi connectivity index (χ0) is 24.0. The maximum Gasteiger partial charge on any atom is 0.326 e. The summed E-state index contributed by atoms with van der Waals surface area (Å²) >= 11 is 0. The molecular weight excluding hydrogens is 388 g/mol. The van der Waals surface area contributed by atoms with Crippen LogP contribution in [-0.4, -0.2) is 60.4 Å². The van der Waals surface area contributed by atoms with E-state index >= 15 is 0 Å². The van der Waals surface area contributed by atoms with Gasteiger partial charge in [-0.3, -0.25) is 9.59 Å². The van der Waals surface area contributed by atoms with E-state index < -0.39 is 17.6 Å². The first-order valence-corrected chi connectivity index (χ1v) is 10.8. The average Bonchev–Trinajstić information content (AvgIpc) is 2.65. The Bertz CT molecular complexity index is 518. The molecule has 0 bridgehead atoms. The van der Waals surface area contributed by atoms with Crippen molar-refractivity contribution in [3.63, 3.8) is 0 Å². The van der Waals surface area contributed by atoms with Crippen LogP contribution in [-0.2, 0) is 23.9 Å². The minimum absolute atomic E-state index is 0.0264. The van der Waals surface area contributed by atoms with Gasteiger partial charge < -0.3 is 25.2 Å². The van der Waals surface area contributed by atoms with Gasteiger partial charge in [-0.05, 0) is 47.0 Å². The number of hydrogen-bond acceptors (Lipinski definition) is 5. The Labute approximate surface area is 182 Å². The van der Waals surface area contributed by atoms with Gasteiger partial charge in [0, 0.05) is 26.0 Å². The smallest absolute Gasteiger partial charge is 0.326 e. The van der Waals surface area contributed by atoms with E-state index in [2.05, 4.69) is 10.6 Å². The van der Waals surface area contributed by atoms with Gasteiger partial charge in [-0.2, -0.15) is 0 Å². The fraction of sp³-hybridized carbons (Fsp3) is 0.864. The van der Waals surface area contributed by atoms with Gasteiger partial charge in [-0.25, -0.2) is 4.79 Å². The second kappa shape index (κ2) is 15.2. The Kier molecular flexibility index (Phi) is 15.4.